The zero-order valence-electron chi connectivity index (χ0n) is 38.8. The van der Waals surface area contributed by atoms with E-state index < -0.39 is 12.9 Å². The first-order valence-electron chi connectivity index (χ1n) is 22.4. The van der Waals surface area contributed by atoms with E-state index in [1.165, 1.54) is 19.1 Å². The maximum atomic E-state index is 13.5. The van der Waals surface area contributed by atoms with Gasteiger partial charge in [-0.1, -0.05) is 135 Å². The predicted molar refractivity (Wildman–Crippen MR) is 254 cm³/mol. The van der Waals surface area contributed by atoms with Gasteiger partial charge in [0.2, 0.25) is 11.8 Å². The highest BCUT2D eigenvalue weighted by Crippen LogP contribution is 2.36. The highest BCUT2D eigenvalue weighted by atomic mass is 19.3. The van der Waals surface area contributed by atoms with Gasteiger partial charge in [-0.3, -0.25) is 9.59 Å². The molecule has 8 rings (SSSR count). The molecule has 2 aromatic heterocycles. The van der Waals surface area contributed by atoms with Crippen LogP contribution in [0, 0.1) is 5.92 Å². The highest BCUT2D eigenvalue weighted by Gasteiger charge is 2.32. The molecule has 0 aliphatic carbocycles. The molecule has 2 fully saturated rings. The third kappa shape index (κ3) is 13.2. The number of benzene rings is 4. The van der Waals surface area contributed by atoms with Gasteiger partial charge >= 0.3 is 0 Å². The van der Waals surface area contributed by atoms with Crippen molar-refractivity contribution < 1.29 is 27.2 Å². The van der Waals surface area contributed by atoms with Crippen molar-refractivity contribution in [3.05, 3.63) is 108 Å². The van der Waals surface area contributed by atoms with Gasteiger partial charge in [0, 0.05) is 85.0 Å². The Morgan fingerprint density at radius 3 is 1.39 bits per heavy atom. The number of hydrogen-bond donors (Lipinski definition) is 2. The molecule has 0 radical (unpaired) electrons. The summed E-state index contributed by atoms with van der Waals surface area (Å²) in [7, 11) is 0. The Bertz CT molecular complexity index is 2370. The molecule has 0 atom stereocenters. The Hall–Kier alpha value is -6.18. The molecule has 4 heterocycles. The monoisotopic (exact) mass is 885 g/mol. The van der Waals surface area contributed by atoms with Crippen molar-refractivity contribution in [2.45, 2.75) is 94.6 Å². The van der Waals surface area contributed by atoms with Crippen molar-refractivity contribution >= 4 is 45.3 Å². The molecular formula is C50H64F4N8O2. The third-order valence-corrected chi connectivity index (χ3v) is 9.79. The van der Waals surface area contributed by atoms with Crippen LogP contribution in [0.2, 0.25) is 0 Å². The molecule has 4 aromatic carbocycles. The van der Waals surface area contributed by atoms with Crippen molar-refractivity contribution in [2.75, 3.05) is 42.5 Å². The summed E-state index contributed by atoms with van der Waals surface area (Å²) in [6.07, 6.45) is -4.73. The van der Waals surface area contributed by atoms with Gasteiger partial charge in [-0.2, -0.15) is 0 Å². The molecule has 344 valence electrons. The van der Waals surface area contributed by atoms with Crippen molar-refractivity contribution in [1.29, 1.82) is 0 Å². The minimum Gasteiger partial charge on any atom is -0.356 e. The fraction of sp³-hybridized carbons (Fsp3) is 0.400. The summed E-state index contributed by atoms with van der Waals surface area (Å²) in [5, 5.41) is 7.54. The number of nitrogens with zero attached hydrogens (tertiary/aromatic N) is 6. The van der Waals surface area contributed by atoms with E-state index in [0.29, 0.717) is 60.3 Å². The van der Waals surface area contributed by atoms with Crippen LogP contribution in [0.15, 0.2) is 97.1 Å². The van der Waals surface area contributed by atoms with E-state index in [4.69, 9.17) is 0 Å². The molecule has 2 saturated heterocycles. The minimum absolute atomic E-state index is 0.0434. The number of anilines is 2. The molecule has 0 spiro atoms. The number of para-hydroxylation sites is 2. The normalized spacial score (nSPS) is 12.9. The summed E-state index contributed by atoms with van der Waals surface area (Å²) in [5.41, 5.74) is 1.94. The Kier molecular flexibility index (Phi) is 21.6. The molecule has 0 saturated carbocycles. The number of hydrogen-bond acceptors (Lipinski definition) is 8. The number of aromatic nitrogens is 4. The van der Waals surface area contributed by atoms with Crippen LogP contribution in [0.4, 0.5) is 29.2 Å². The number of fused-ring (bicyclic) bond motifs is 2. The Morgan fingerprint density at radius 2 is 0.984 bits per heavy atom. The van der Waals surface area contributed by atoms with Crippen LogP contribution in [-0.4, -0.2) is 70.5 Å². The lowest BCUT2D eigenvalue weighted by molar-refractivity contribution is -0.121. The second-order valence-corrected chi connectivity index (χ2v) is 13.8. The van der Waals surface area contributed by atoms with Crippen molar-refractivity contribution in [2.24, 2.45) is 5.92 Å². The van der Waals surface area contributed by atoms with Crippen LogP contribution in [0.25, 0.3) is 44.6 Å². The second-order valence-electron chi connectivity index (χ2n) is 13.8. The minimum atomic E-state index is -2.60. The number of rotatable bonds is 10. The van der Waals surface area contributed by atoms with Gasteiger partial charge in [-0.15, -0.1) is 0 Å². The zero-order chi connectivity index (χ0) is 47.3. The number of carbonyl (C=O) groups excluding carboxylic acids is 2. The highest BCUT2D eigenvalue weighted by molar-refractivity contribution is 5.93. The first-order valence-corrected chi connectivity index (χ1v) is 22.4. The number of nitrogens with one attached hydrogen (secondary N) is 2. The third-order valence-electron chi connectivity index (χ3n) is 9.79. The van der Waals surface area contributed by atoms with E-state index in [0.717, 1.165) is 35.2 Å². The maximum Gasteiger partial charge on any atom is 0.264 e. The molecule has 2 N–H and O–H groups in total. The van der Waals surface area contributed by atoms with Crippen LogP contribution >= 0.6 is 0 Å². The van der Waals surface area contributed by atoms with Gasteiger partial charge in [0.25, 0.3) is 12.9 Å². The van der Waals surface area contributed by atoms with Crippen LogP contribution < -0.4 is 20.4 Å². The van der Waals surface area contributed by atoms with Crippen molar-refractivity contribution in [3.8, 4) is 22.8 Å². The van der Waals surface area contributed by atoms with E-state index in [2.05, 4.69) is 35.5 Å². The van der Waals surface area contributed by atoms with Crippen LogP contribution in [-0.2, 0) is 9.59 Å². The molecule has 6 aromatic rings. The summed E-state index contributed by atoms with van der Waals surface area (Å²) >= 11 is 0. The SMILES string of the molecule is CC.CC.CC.CC.CC(=O)NC1CN(c2nc(-c3ccccc3C(F)F)nc3ccccc23)C1.CCC(=O)NCC1CN(c2nc(-c3ccccc3C(F)F)nc3ccccc23)C1. The predicted octanol–water partition coefficient (Wildman–Crippen LogP) is 11.9. The summed E-state index contributed by atoms with van der Waals surface area (Å²) < 4.78 is 53.8. The second kappa shape index (κ2) is 26.4. The Morgan fingerprint density at radius 1 is 0.594 bits per heavy atom. The topological polar surface area (TPSA) is 116 Å². The fourth-order valence-electron chi connectivity index (χ4n) is 6.91. The van der Waals surface area contributed by atoms with Crippen LogP contribution in [0.1, 0.15) is 99.6 Å². The van der Waals surface area contributed by atoms with E-state index in [1.807, 2.05) is 116 Å². The first kappa shape index (κ1) is 52.2. The zero-order valence-corrected chi connectivity index (χ0v) is 38.8. The van der Waals surface area contributed by atoms with E-state index in [-0.39, 0.29) is 34.8 Å². The summed E-state index contributed by atoms with van der Waals surface area (Å²) in [4.78, 5) is 45.2. The van der Waals surface area contributed by atoms with Gasteiger partial charge in [0.1, 0.15) is 11.6 Å². The van der Waals surface area contributed by atoms with Gasteiger partial charge in [-0.05, 0) is 24.3 Å². The molecule has 14 heteroatoms. The fourth-order valence-corrected chi connectivity index (χ4v) is 6.91. The molecule has 0 bridgehead atoms. The number of amides is 2. The molecule has 2 aliphatic rings. The largest absolute Gasteiger partial charge is 0.356 e. The van der Waals surface area contributed by atoms with Gasteiger partial charge < -0.3 is 20.4 Å². The molecular weight excluding hydrogens is 821 g/mol. The molecule has 64 heavy (non-hydrogen) atoms. The number of alkyl halides is 4. The first-order chi connectivity index (χ1) is 31.1. The molecule has 2 aliphatic heterocycles. The van der Waals surface area contributed by atoms with E-state index in [9.17, 15) is 27.2 Å². The Balaban J connectivity index is 0.000000295. The summed E-state index contributed by atoms with van der Waals surface area (Å²) in [6, 6.07) is 27.8. The smallest absolute Gasteiger partial charge is 0.264 e. The quantitative estimate of drug-likeness (QED) is 0.131. The van der Waals surface area contributed by atoms with E-state index in [1.54, 1.807) is 36.4 Å². The average Bonchev–Trinajstić information content (AvgIpc) is 3.31. The summed E-state index contributed by atoms with van der Waals surface area (Å²) in [6.45, 7) is 22.7. The number of carbonyl (C=O) groups is 2. The molecule has 2 amide bonds. The van der Waals surface area contributed by atoms with Gasteiger partial charge in [0.15, 0.2) is 11.6 Å². The lowest BCUT2D eigenvalue weighted by atomic mass is 9.99. The van der Waals surface area contributed by atoms with Crippen molar-refractivity contribution in [1.82, 2.24) is 30.6 Å². The lowest BCUT2D eigenvalue weighted by Crippen LogP contribution is -2.59. The maximum absolute atomic E-state index is 13.5. The molecule has 0 unspecified atom stereocenters. The lowest BCUT2D eigenvalue weighted by Gasteiger charge is -2.40. The number of halogens is 4. The average molecular weight is 885 g/mol. The van der Waals surface area contributed by atoms with Gasteiger partial charge in [0.05, 0.1) is 17.1 Å². The summed E-state index contributed by atoms with van der Waals surface area (Å²) in [5.74, 6) is 2.34. The Labute approximate surface area is 375 Å². The molecule has 10 nitrogen and oxygen atoms in total. The standard InChI is InChI=1S/C22H22F2N4O.C20H18F2N4O.4C2H6/c1-2-19(29)25-11-14-12-28(13-14)22-17-9-5-6-10-18(17)26-21(27-22)16-8-4-3-7-15(16)20(23)24;1-12(27)23-13-10-26(11-13)20-16-8-4-5-9-17(16)24-19(25-20)15-7-3-2-6-14(15)18(21)22;4*1-2/h3-10,14,20H,2,11-13H2,1H3,(H,25,29);2-9,13,18H,10-11H2,1H3,(H,23,27);4*1-2H3. The van der Waals surface area contributed by atoms with Crippen LogP contribution in [0.3, 0.4) is 0 Å². The van der Waals surface area contributed by atoms with E-state index >= 15 is 0 Å². The van der Waals surface area contributed by atoms with Crippen molar-refractivity contribution in [3.63, 3.8) is 0 Å². The van der Waals surface area contributed by atoms with Gasteiger partial charge in [-0.25, -0.2) is 37.5 Å². The van der Waals surface area contributed by atoms with Crippen LogP contribution in [0.5, 0.6) is 0 Å².